The standard InChI is InChI=1S/C31H31ClN4O7S/c1-16(2)35-11-9-18(10-12-35)33-29(37)28-21(14-23-17(3)41-31(40)42-23)27-20(30(38)39)5-4-6-22(27)36(28)15-19-13-24(43-34-19)25-7-8-26(32)44-25/h4-8,13,16,18H,9-12,14-15H2,1-3H3,(H,33,37)(H,38,39). The highest BCUT2D eigenvalue weighted by Gasteiger charge is 2.31. The fraction of sp³-hybridized carbons (Fsp3) is 0.355. The zero-order chi connectivity index (χ0) is 31.1. The molecule has 1 fully saturated rings. The first kappa shape index (κ1) is 29.9. The maximum absolute atomic E-state index is 14.3. The van der Waals surface area contributed by atoms with Gasteiger partial charge in [-0.1, -0.05) is 22.8 Å². The van der Waals surface area contributed by atoms with Gasteiger partial charge in [-0.25, -0.2) is 9.59 Å². The molecule has 1 aromatic carbocycles. The van der Waals surface area contributed by atoms with Crippen molar-refractivity contribution in [1.29, 1.82) is 0 Å². The topological polar surface area (TPSA) is 144 Å². The van der Waals surface area contributed by atoms with Gasteiger partial charge in [-0.05, 0) is 63.4 Å². The molecule has 5 aromatic rings. The quantitative estimate of drug-likeness (QED) is 0.204. The van der Waals surface area contributed by atoms with Crippen molar-refractivity contribution in [2.45, 2.75) is 58.7 Å². The first-order valence-corrected chi connectivity index (χ1v) is 15.5. The van der Waals surface area contributed by atoms with E-state index in [1.165, 1.54) is 17.4 Å². The largest absolute Gasteiger partial charge is 0.519 e. The van der Waals surface area contributed by atoms with Gasteiger partial charge in [0.05, 0.1) is 26.8 Å². The number of carboxylic acids is 1. The molecule has 1 amide bonds. The summed E-state index contributed by atoms with van der Waals surface area (Å²) in [7, 11) is 0. The molecule has 4 aromatic heterocycles. The molecule has 0 atom stereocenters. The molecule has 13 heteroatoms. The van der Waals surface area contributed by atoms with Crippen LogP contribution in [0, 0.1) is 6.92 Å². The van der Waals surface area contributed by atoms with Crippen LogP contribution in [-0.2, 0) is 13.0 Å². The summed E-state index contributed by atoms with van der Waals surface area (Å²) < 4.78 is 18.4. The summed E-state index contributed by atoms with van der Waals surface area (Å²) in [6, 6.07) is 10.6. The Labute approximate surface area is 261 Å². The first-order valence-electron chi connectivity index (χ1n) is 14.3. The minimum atomic E-state index is -1.15. The predicted octanol–water partition coefficient (Wildman–Crippen LogP) is 5.81. The minimum Gasteiger partial charge on any atom is -0.478 e. The summed E-state index contributed by atoms with van der Waals surface area (Å²) in [6.07, 6.45) is 1.54. The average Bonchev–Trinajstić information content (AvgIpc) is 3.76. The van der Waals surface area contributed by atoms with Crippen molar-refractivity contribution in [3.8, 4) is 10.6 Å². The molecule has 1 saturated heterocycles. The van der Waals surface area contributed by atoms with E-state index in [9.17, 15) is 19.5 Å². The summed E-state index contributed by atoms with van der Waals surface area (Å²) in [5.41, 5.74) is 1.74. The number of hydrogen-bond donors (Lipinski definition) is 2. The van der Waals surface area contributed by atoms with Crippen LogP contribution in [0.5, 0.6) is 0 Å². The van der Waals surface area contributed by atoms with E-state index in [4.69, 9.17) is 25.0 Å². The van der Waals surface area contributed by atoms with Gasteiger partial charge in [-0.2, -0.15) is 0 Å². The van der Waals surface area contributed by atoms with Crippen LogP contribution in [0.15, 0.2) is 54.6 Å². The Hall–Kier alpha value is -4.13. The van der Waals surface area contributed by atoms with Crippen LogP contribution in [0.3, 0.4) is 0 Å². The number of aromatic carboxylic acids is 1. The molecule has 1 aliphatic heterocycles. The predicted molar refractivity (Wildman–Crippen MR) is 165 cm³/mol. The van der Waals surface area contributed by atoms with Crippen LogP contribution in [0.1, 0.15) is 70.3 Å². The van der Waals surface area contributed by atoms with Gasteiger partial charge in [-0.15, -0.1) is 11.3 Å². The number of aryl methyl sites for hydroxylation is 1. The number of amides is 1. The van der Waals surface area contributed by atoms with Gasteiger partial charge in [0.1, 0.15) is 17.1 Å². The second-order valence-electron chi connectivity index (χ2n) is 11.2. The Kier molecular flexibility index (Phi) is 8.23. The molecule has 2 N–H and O–H groups in total. The molecule has 44 heavy (non-hydrogen) atoms. The number of likely N-dealkylation sites (tertiary alicyclic amines) is 1. The zero-order valence-corrected chi connectivity index (χ0v) is 26.0. The van der Waals surface area contributed by atoms with Crippen LogP contribution in [-0.4, -0.2) is 56.8 Å². The summed E-state index contributed by atoms with van der Waals surface area (Å²) in [6.45, 7) is 7.73. The highest BCUT2D eigenvalue weighted by Crippen LogP contribution is 2.35. The van der Waals surface area contributed by atoms with Crippen molar-refractivity contribution >= 4 is 45.7 Å². The number of rotatable bonds is 9. The number of carboxylic acid groups (broad SMARTS) is 1. The fourth-order valence-electron chi connectivity index (χ4n) is 5.88. The third-order valence-electron chi connectivity index (χ3n) is 8.10. The average molecular weight is 639 g/mol. The van der Waals surface area contributed by atoms with Crippen molar-refractivity contribution in [1.82, 2.24) is 19.9 Å². The van der Waals surface area contributed by atoms with E-state index in [1.54, 1.807) is 35.8 Å². The van der Waals surface area contributed by atoms with Gasteiger partial charge < -0.3 is 33.2 Å². The Morgan fingerprint density at radius 1 is 1.18 bits per heavy atom. The van der Waals surface area contributed by atoms with Gasteiger partial charge in [0.2, 0.25) is 0 Å². The molecule has 0 radical (unpaired) electrons. The summed E-state index contributed by atoms with van der Waals surface area (Å²) in [5, 5.41) is 18.0. The number of hydrogen-bond acceptors (Lipinski definition) is 9. The van der Waals surface area contributed by atoms with E-state index in [0.717, 1.165) is 30.8 Å². The second-order valence-corrected chi connectivity index (χ2v) is 12.9. The lowest BCUT2D eigenvalue weighted by Gasteiger charge is -2.34. The number of benzene rings is 1. The van der Waals surface area contributed by atoms with Gasteiger partial charge >= 0.3 is 11.8 Å². The lowest BCUT2D eigenvalue weighted by molar-refractivity contribution is 0.0698. The van der Waals surface area contributed by atoms with E-state index < -0.39 is 11.8 Å². The molecule has 0 aliphatic carbocycles. The van der Waals surface area contributed by atoms with Crippen molar-refractivity contribution in [3.05, 3.63) is 85.4 Å². The van der Waals surface area contributed by atoms with E-state index in [2.05, 4.69) is 29.2 Å². The van der Waals surface area contributed by atoms with E-state index >= 15 is 0 Å². The maximum atomic E-state index is 14.3. The monoisotopic (exact) mass is 638 g/mol. The highest BCUT2D eigenvalue weighted by atomic mass is 35.5. The molecule has 230 valence electrons. The number of nitrogens with one attached hydrogen (secondary N) is 1. The van der Waals surface area contributed by atoms with Crippen molar-refractivity contribution in [3.63, 3.8) is 0 Å². The van der Waals surface area contributed by atoms with Gasteiger partial charge in [-0.3, -0.25) is 4.79 Å². The molecule has 5 heterocycles. The number of aromatic nitrogens is 2. The van der Waals surface area contributed by atoms with Crippen LogP contribution in [0.25, 0.3) is 21.5 Å². The molecule has 0 saturated carbocycles. The number of carbonyl (C=O) groups is 2. The Bertz CT molecular complexity index is 1900. The number of carbonyl (C=O) groups excluding carboxylic acids is 1. The Balaban J connectivity index is 1.47. The third kappa shape index (κ3) is 5.84. The van der Waals surface area contributed by atoms with Crippen molar-refractivity contribution in [2.75, 3.05) is 13.1 Å². The molecule has 0 unspecified atom stereocenters. The highest BCUT2D eigenvalue weighted by molar-refractivity contribution is 7.19. The van der Waals surface area contributed by atoms with Crippen LogP contribution in [0.4, 0.5) is 0 Å². The number of piperidine rings is 1. The molecular weight excluding hydrogens is 608 g/mol. The molecule has 0 bridgehead atoms. The zero-order valence-electron chi connectivity index (χ0n) is 24.4. The minimum absolute atomic E-state index is 0.0214. The summed E-state index contributed by atoms with van der Waals surface area (Å²) >= 11 is 7.47. The van der Waals surface area contributed by atoms with E-state index in [0.29, 0.717) is 38.3 Å². The Morgan fingerprint density at radius 2 is 1.95 bits per heavy atom. The Morgan fingerprint density at radius 3 is 2.59 bits per heavy atom. The van der Waals surface area contributed by atoms with Gasteiger partial charge in [0.25, 0.3) is 5.91 Å². The van der Waals surface area contributed by atoms with Gasteiger partial charge in [0.15, 0.2) is 11.5 Å². The fourth-order valence-corrected chi connectivity index (χ4v) is 6.87. The smallest absolute Gasteiger partial charge is 0.478 e. The third-order valence-corrected chi connectivity index (χ3v) is 9.35. The summed E-state index contributed by atoms with van der Waals surface area (Å²) in [4.78, 5) is 41.8. The number of fused-ring (bicyclic) bond motifs is 1. The van der Waals surface area contributed by atoms with Crippen LogP contribution in [0.2, 0.25) is 4.34 Å². The van der Waals surface area contributed by atoms with Crippen LogP contribution >= 0.6 is 22.9 Å². The normalized spacial score (nSPS) is 14.6. The lowest BCUT2D eigenvalue weighted by atomic mass is 9.99. The number of thiophene rings is 1. The van der Waals surface area contributed by atoms with Crippen LogP contribution < -0.4 is 11.1 Å². The number of nitrogens with zero attached hydrogens (tertiary/aromatic N) is 3. The van der Waals surface area contributed by atoms with Gasteiger partial charge in [0, 0.05) is 43.0 Å². The van der Waals surface area contributed by atoms with E-state index in [1.807, 2.05) is 6.07 Å². The molecule has 11 nitrogen and oxygen atoms in total. The maximum Gasteiger partial charge on any atom is 0.519 e. The van der Waals surface area contributed by atoms with E-state index in [-0.39, 0.29) is 47.7 Å². The lowest BCUT2D eigenvalue weighted by Crippen LogP contribution is -2.47. The van der Waals surface area contributed by atoms with Crippen molar-refractivity contribution in [2.24, 2.45) is 0 Å². The molecule has 6 rings (SSSR count). The van der Waals surface area contributed by atoms with Crippen molar-refractivity contribution < 1.29 is 28.1 Å². The summed E-state index contributed by atoms with van der Waals surface area (Å²) in [5.74, 6) is -1.37. The first-order chi connectivity index (χ1) is 21.1. The molecule has 1 aliphatic rings. The number of halogens is 1. The SMILES string of the molecule is Cc1oc(=O)oc1Cc1c(C(=O)NC2CCN(C(C)C)CC2)n(Cc2cc(-c3ccc(Cl)s3)on2)c2cccc(C(=O)O)c12. The second kappa shape index (κ2) is 12.1. The molecular formula is C31H31ClN4O7S. The molecule has 0 spiro atoms.